The molecule has 0 aliphatic heterocycles. The summed E-state index contributed by atoms with van der Waals surface area (Å²) in [5, 5.41) is 19.1. The van der Waals surface area contributed by atoms with E-state index in [4.69, 9.17) is 0 Å². The molecule has 6 nitrogen and oxygen atoms in total. The maximum absolute atomic E-state index is 11.9. The SMILES string of the molecule is Cc1nn(C)c(C)c1NC(=O)Nc1ccccc1O. The highest BCUT2D eigenvalue weighted by Gasteiger charge is 2.13. The zero-order chi connectivity index (χ0) is 14.0. The number of hydrogen-bond donors (Lipinski definition) is 3. The van der Waals surface area contributed by atoms with Gasteiger partial charge in [-0.3, -0.25) is 4.68 Å². The van der Waals surface area contributed by atoms with E-state index in [2.05, 4.69) is 15.7 Å². The van der Waals surface area contributed by atoms with Crippen molar-refractivity contribution < 1.29 is 9.90 Å². The number of para-hydroxylation sites is 2. The largest absolute Gasteiger partial charge is 0.506 e. The van der Waals surface area contributed by atoms with Gasteiger partial charge in [0.05, 0.1) is 22.8 Å². The molecule has 6 heteroatoms. The van der Waals surface area contributed by atoms with Crippen LogP contribution in [0.2, 0.25) is 0 Å². The number of carbonyl (C=O) groups excluding carboxylic acids is 1. The number of nitrogens with one attached hydrogen (secondary N) is 2. The fraction of sp³-hybridized carbons (Fsp3) is 0.231. The predicted molar refractivity (Wildman–Crippen MR) is 73.4 cm³/mol. The van der Waals surface area contributed by atoms with E-state index in [0.29, 0.717) is 11.4 Å². The third kappa shape index (κ3) is 2.67. The lowest BCUT2D eigenvalue weighted by Crippen LogP contribution is -2.20. The predicted octanol–water partition coefficient (Wildman–Crippen LogP) is 2.39. The van der Waals surface area contributed by atoms with Crippen LogP contribution < -0.4 is 10.6 Å². The second-order valence-corrected chi connectivity index (χ2v) is 4.27. The van der Waals surface area contributed by atoms with Gasteiger partial charge in [-0.2, -0.15) is 5.10 Å². The minimum Gasteiger partial charge on any atom is -0.506 e. The molecule has 1 aromatic carbocycles. The highest BCUT2D eigenvalue weighted by atomic mass is 16.3. The number of aromatic nitrogens is 2. The molecule has 0 saturated heterocycles. The van der Waals surface area contributed by atoms with Crippen LogP contribution >= 0.6 is 0 Å². The number of aromatic hydroxyl groups is 1. The molecule has 3 N–H and O–H groups in total. The van der Waals surface area contributed by atoms with E-state index in [1.54, 1.807) is 22.9 Å². The molecule has 1 heterocycles. The van der Waals surface area contributed by atoms with Crippen LogP contribution in [0.3, 0.4) is 0 Å². The number of benzene rings is 1. The van der Waals surface area contributed by atoms with Gasteiger partial charge >= 0.3 is 6.03 Å². The molecule has 0 aliphatic carbocycles. The lowest BCUT2D eigenvalue weighted by Gasteiger charge is -2.09. The van der Waals surface area contributed by atoms with Gasteiger partial charge in [0.1, 0.15) is 5.75 Å². The van der Waals surface area contributed by atoms with Crippen molar-refractivity contribution in [2.45, 2.75) is 13.8 Å². The Bertz CT molecular complexity index is 619. The standard InChI is InChI=1S/C13H16N4O2/c1-8-12(9(2)17(3)16-8)15-13(19)14-10-6-4-5-7-11(10)18/h4-7,18H,1-3H3,(H2,14,15,19). The van der Waals surface area contributed by atoms with Gasteiger partial charge in [0.2, 0.25) is 0 Å². The number of rotatable bonds is 2. The molecule has 0 bridgehead atoms. The van der Waals surface area contributed by atoms with E-state index >= 15 is 0 Å². The molecule has 0 saturated carbocycles. The summed E-state index contributed by atoms with van der Waals surface area (Å²) in [6, 6.07) is 6.14. The second kappa shape index (κ2) is 5.01. The summed E-state index contributed by atoms with van der Waals surface area (Å²) in [4.78, 5) is 11.9. The lowest BCUT2D eigenvalue weighted by molar-refractivity contribution is 0.262. The molecule has 2 amide bonds. The van der Waals surface area contributed by atoms with Crippen molar-refractivity contribution in [3.8, 4) is 5.75 Å². The van der Waals surface area contributed by atoms with Gasteiger partial charge in [0, 0.05) is 7.05 Å². The summed E-state index contributed by atoms with van der Waals surface area (Å²) in [6.07, 6.45) is 0. The first-order valence-electron chi connectivity index (χ1n) is 5.85. The Morgan fingerprint density at radius 3 is 2.53 bits per heavy atom. The van der Waals surface area contributed by atoms with E-state index in [1.807, 2.05) is 20.9 Å². The van der Waals surface area contributed by atoms with Crippen molar-refractivity contribution >= 4 is 17.4 Å². The Morgan fingerprint density at radius 2 is 1.95 bits per heavy atom. The molecule has 0 fully saturated rings. The Kier molecular flexibility index (Phi) is 3.41. The highest BCUT2D eigenvalue weighted by molar-refractivity contribution is 6.01. The summed E-state index contributed by atoms with van der Waals surface area (Å²) >= 11 is 0. The van der Waals surface area contributed by atoms with Gasteiger partial charge in [0.15, 0.2) is 0 Å². The number of amides is 2. The van der Waals surface area contributed by atoms with Crippen LogP contribution in [0, 0.1) is 13.8 Å². The smallest absolute Gasteiger partial charge is 0.323 e. The molecule has 0 aliphatic rings. The van der Waals surface area contributed by atoms with Gasteiger partial charge in [-0.15, -0.1) is 0 Å². The summed E-state index contributed by atoms with van der Waals surface area (Å²) in [6.45, 7) is 3.69. The number of phenols is 1. The Labute approximate surface area is 111 Å². The van der Waals surface area contributed by atoms with Crippen molar-refractivity contribution in [2.75, 3.05) is 10.6 Å². The van der Waals surface area contributed by atoms with Crippen LogP contribution in [-0.2, 0) is 7.05 Å². The summed E-state index contributed by atoms with van der Waals surface area (Å²) < 4.78 is 1.70. The Balaban J connectivity index is 2.12. The number of aryl methyl sites for hydroxylation is 2. The van der Waals surface area contributed by atoms with Crippen molar-refractivity contribution in [1.29, 1.82) is 0 Å². The van der Waals surface area contributed by atoms with Crippen LogP contribution in [0.5, 0.6) is 5.75 Å². The molecule has 1 aromatic heterocycles. The van der Waals surface area contributed by atoms with E-state index in [1.165, 1.54) is 6.07 Å². The molecule has 0 unspecified atom stereocenters. The molecular formula is C13H16N4O2. The zero-order valence-electron chi connectivity index (χ0n) is 11.1. The maximum atomic E-state index is 11.9. The Hall–Kier alpha value is -2.50. The van der Waals surface area contributed by atoms with Gasteiger partial charge in [-0.05, 0) is 26.0 Å². The summed E-state index contributed by atoms with van der Waals surface area (Å²) in [7, 11) is 1.81. The molecule has 19 heavy (non-hydrogen) atoms. The normalized spacial score (nSPS) is 10.3. The number of carbonyl (C=O) groups is 1. The van der Waals surface area contributed by atoms with E-state index in [0.717, 1.165) is 11.4 Å². The van der Waals surface area contributed by atoms with E-state index < -0.39 is 6.03 Å². The van der Waals surface area contributed by atoms with Crippen LogP contribution in [0.15, 0.2) is 24.3 Å². The number of nitrogens with zero attached hydrogens (tertiary/aromatic N) is 2. The lowest BCUT2D eigenvalue weighted by atomic mass is 10.3. The van der Waals surface area contributed by atoms with Gasteiger partial charge in [0.25, 0.3) is 0 Å². The fourth-order valence-electron chi connectivity index (χ4n) is 1.80. The molecule has 100 valence electrons. The number of hydrogen-bond acceptors (Lipinski definition) is 3. The summed E-state index contributed by atoms with van der Waals surface area (Å²) in [5.74, 6) is 0.0253. The Morgan fingerprint density at radius 1 is 1.26 bits per heavy atom. The van der Waals surface area contributed by atoms with Crippen LogP contribution in [0.25, 0.3) is 0 Å². The monoisotopic (exact) mass is 260 g/mol. The highest BCUT2D eigenvalue weighted by Crippen LogP contribution is 2.23. The molecule has 2 rings (SSSR count). The fourth-order valence-corrected chi connectivity index (χ4v) is 1.80. The van der Waals surface area contributed by atoms with Crippen molar-refractivity contribution in [3.05, 3.63) is 35.7 Å². The van der Waals surface area contributed by atoms with Crippen LogP contribution in [-0.4, -0.2) is 20.9 Å². The number of urea groups is 1. The zero-order valence-corrected chi connectivity index (χ0v) is 11.1. The van der Waals surface area contributed by atoms with Crippen LogP contribution in [0.4, 0.5) is 16.2 Å². The topological polar surface area (TPSA) is 79.2 Å². The average molecular weight is 260 g/mol. The van der Waals surface area contributed by atoms with E-state index in [9.17, 15) is 9.90 Å². The molecule has 0 atom stereocenters. The first kappa shape index (κ1) is 12.9. The quantitative estimate of drug-likeness (QED) is 0.725. The first-order chi connectivity index (χ1) is 8.99. The van der Waals surface area contributed by atoms with Gasteiger partial charge in [-0.1, -0.05) is 12.1 Å². The minimum atomic E-state index is -0.416. The van der Waals surface area contributed by atoms with Crippen molar-refractivity contribution in [1.82, 2.24) is 9.78 Å². The third-order valence-electron chi connectivity index (χ3n) is 2.90. The molecule has 0 radical (unpaired) electrons. The molecule has 0 spiro atoms. The van der Waals surface area contributed by atoms with Crippen molar-refractivity contribution in [2.24, 2.45) is 7.05 Å². The van der Waals surface area contributed by atoms with Crippen LogP contribution in [0.1, 0.15) is 11.4 Å². The maximum Gasteiger partial charge on any atom is 0.323 e. The van der Waals surface area contributed by atoms with Crippen molar-refractivity contribution in [3.63, 3.8) is 0 Å². The summed E-state index contributed by atoms with van der Waals surface area (Å²) in [5.41, 5.74) is 2.65. The first-order valence-corrected chi connectivity index (χ1v) is 5.85. The van der Waals surface area contributed by atoms with E-state index in [-0.39, 0.29) is 5.75 Å². The third-order valence-corrected chi connectivity index (χ3v) is 2.90. The molecule has 2 aromatic rings. The minimum absolute atomic E-state index is 0.0253. The number of anilines is 2. The number of phenolic OH excluding ortho intramolecular Hbond substituents is 1. The molecular weight excluding hydrogens is 244 g/mol. The van der Waals surface area contributed by atoms with Gasteiger partial charge in [-0.25, -0.2) is 4.79 Å². The van der Waals surface area contributed by atoms with Gasteiger partial charge < -0.3 is 15.7 Å². The average Bonchev–Trinajstić information content (AvgIpc) is 2.59. The second-order valence-electron chi connectivity index (χ2n) is 4.27.